The zero-order valence-corrected chi connectivity index (χ0v) is 19.8. The molecule has 1 aliphatic rings. The first kappa shape index (κ1) is 22.8. The Kier molecular flexibility index (Phi) is 6.91. The number of carbonyl (C=O) groups is 2. The van der Waals surface area contributed by atoms with Crippen LogP contribution in [0.3, 0.4) is 0 Å². The van der Waals surface area contributed by atoms with E-state index in [1.807, 2.05) is 80.6 Å². The maximum atomic E-state index is 13.0. The lowest BCUT2D eigenvalue weighted by Gasteiger charge is -2.14. The van der Waals surface area contributed by atoms with Gasteiger partial charge in [0.05, 0.1) is 10.6 Å². The maximum Gasteiger partial charge on any atom is 0.270 e. The van der Waals surface area contributed by atoms with Gasteiger partial charge in [0.15, 0.2) is 10.9 Å². The molecule has 1 fully saturated rings. The number of aryl methyl sites for hydroxylation is 1. The summed E-state index contributed by atoms with van der Waals surface area (Å²) in [6.07, 6.45) is 1.75. The summed E-state index contributed by atoms with van der Waals surface area (Å²) in [6.45, 7) is 3.81. The van der Waals surface area contributed by atoms with E-state index < -0.39 is 0 Å². The number of hydrogen-bond donors (Lipinski definition) is 1. The topological polar surface area (TPSA) is 58.6 Å². The lowest BCUT2D eigenvalue weighted by atomic mass is 10.1. The normalized spacial score (nSPS) is 14.6. The second kappa shape index (κ2) is 10.0. The van der Waals surface area contributed by atoms with Gasteiger partial charge in [-0.1, -0.05) is 72.5 Å². The molecule has 0 atom stereocenters. The van der Waals surface area contributed by atoms with Crippen LogP contribution in [0.15, 0.2) is 77.7 Å². The summed E-state index contributed by atoms with van der Waals surface area (Å²) in [5, 5.41) is 2.89. The van der Waals surface area contributed by atoms with Crippen LogP contribution in [0.1, 0.15) is 16.7 Å². The van der Waals surface area contributed by atoms with Gasteiger partial charge in [0, 0.05) is 11.3 Å². The van der Waals surface area contributed by atoms with Crippen molar-refractivity contribution >= 4 is 57.6 Å². The quantitative estimate of drug-likeness (QED) is 0.365. The molecule has 0 spiro atoms. The third-order valence-electron chi connectivity index (χ3n) is 5.25. The summed E-state index contributed by atoms with van der Waals surface area (Å²) in [6, 6.07) is 22.4. The molecule has 3 aromatic carbocycles. The minimum absolute atomic E-state index is 0.150. The van der Waals surface area contributed by atoms with Gasteiger partial charge in [0.1, 0.15) is 5.75 Å². The van der Waals surface area contributed by atoms with Crippen LogP contribution in [0.4, 0.5) is 11.4 Å². The van der Waals surface area contributed by atoms with Crippen LogP contribution in [-0.2, 0) is 9.59 Å². The standard InChI is InChI=1S/C26H22N2O3S2/c1-17-9-8-13-21(18(17)2)27-24(29)16-31-22-14-7-6-10-19(22)15-23-25(30)28(26(32)33-23)20-11-4-3-5-12-20/h3-15H,16H2,1-2H3,(H,27,29)/b23-15-. The first-order valence-electron chi connectivity index (χ1n) is 10.3. The number of amides is 2. The number of rotatable bonds is 6. The zero-order chi connectivity index (χ0) is 23.4. The first-order chi connectivity index (χ1) is 15.9. The molecule has 4 rings (SSSR count). The van der Waals surface area contributed by atoms with E-state index in [9.17, 15) is 9.59 Å². The van der Waals surface area contributed by atoms with Crippen molar-refractivity contribution in [2.24, 2.45) is 0 Å². The molecule has 0 radical (unpaired) electrons. The Hall–Kier alpha value is -3.42. The van der Waals surface area contributed by atoms with E-state index in [4.69, 9.17) is 17.0 Å². The fourth-order valence-electron chi connectivity index (χ4n) is 3.36. The Morgan fingerprint density at radius 1 is 1.03 bits per heavy atom. The van der Waals surface area contributed by atoms with Crippen LogP contribution in [0, 0.1) is 13.8 Å². The molecule has 1 N–H and O–H groups in total. The fourth-order valence-corrected chi connectivity index (χ4v) is 4.65. The number of nitrogens with one attached hydrogen (secondary N) is 1. The molecule has 1 heterocycles. The monoisotopic (exact) mass is 474 g/mol. The molecular weight excluding hydrogens is 452 g/mol. The Bertz CT molecular complexity index is 1260. The highest BCUT2D eigenvalue weighted by molar-refractivity contribution is 8.27. The number of ether oxygens (including phenoxy) is 1. The lowest BCUT2D eigenvalue weighted by molar-refractivity contribution is -0.118. The molecule has 2 amide bonds. The Labute approximate surface area is 202 Å². The zero-order valence-electron chi connectivity index (χ0n) is 18.2. The van der Waals surface area contributed by atoms with Crippen LogP contribution < -0.4 is 15.0 Å². The minimum Gasteiger partial charge on any atom is -0.483 e. The summed E-state index contributed by atoms with van der Waals surface area (Å²) in [4.78, 5) is 27.5. The molecule has 33 heavy (non-hydrogen) atoms. The van der Waals surface area contributed by atoms with Gasteiger partial charge in [0.2, 0.25) is 0 Å². The van der Waals surface area contributed by atoms with Crippen molar-refractivity contribution in [1.82, 2.24) is 0 Å². The predicted octanol–water partition coefficient (Wildman–Crippen LogP) is 5.73. The van der Waals surface area contributed by atoms with E-state index >= 15 is 0 Å². The van der Waals surface area contributed by atoms with E-state index in [-0.39, 0.29) is 18.4 Å². The second-order valence-corrected chi connectivity index (χ2v) is 9.15. The van der Waals surface area contributed by atoms with Gasteiger partial charge in [-0.3, -0.25) is 14.5 Å². The van der Waals surface area contributed by atoms with Crippen molar-refractivity contribution < 1.29 is 14.3 Å². The number of para-hydroxylation sites is 2. The molecular formula is C26H22N2O3S2. The summed E-state index contributed by atoms with van der Waals surface area (Å²) in [5.41, 5.74) is 4.32. The summed E-state index contributed by atoms with van der Waals surface area (Å²) in [5.74, 6) is 0.0752. The average molecular weight is 475 g/mol. The molecule has 5 nitrogen and oxygen atoms in total. The summed E-state index contributed by atoms with van der Waals surface area (Å²) in [7, 11) is 0. The largest absolute Gasteiger partial charge is 0.483 e. The number of carbonyl (C=O) groups excluding carboxylic acids is 2. The second-order valence-electron chi connectivity index (χ2n) is 7.47. The molecule has 0 unspecified atom stereocenters. The molecule has 7 heteroatoms. The third kappa shape index (κ3) is 5.16. The van der Waals surface area contributed by atoms with E-state index in [1.165, 1.54) is 16.7 Å². The Morgan fingerprint density at radius 2 is 1.76 bits per heavy atom. The highest BCUT2D eigenvalue weighted by Gasteiger charge is 2.33. The van der Waals surface area contributed by atoms with Crippen molar-refractivity contribution in [3.8, 4) is 5.75 Å². The van der Waals surface area contributed by atoms with Gasteiger partial charge < -0.3 is 10.1 Å². The van der Waals surface area contributed by atoms with Gasteiger partial charge in [-0.2, -0.15) is 0 Å². The highest BCUT2D eigenvalue weighted by Crippen LogP contribution is 2.37. The maximum absolute atomic E-state index is 13.0. The van der Waals surface area contributed by atoms with Crippen LogP contribution in [0.25, 0.3) is 6.08 Å². The van der Waals surface area contributed by atoms with Gasteiger partial charge >= 0.3 is 0 Å². The molecule has 1 aliphatic heterocycles. The Balaban J connectivity index is 1.48. The fraction of sp³-hybridized carbons (Fsp3) is 0.115. The van der Waals surface area contributed by atoms with Crippen LogP contribution >= 0.6 is 24.0 Å². The van der Waals surface area contributed by atoms with E-state index in [1.54, 1.807) is 12.1 Å². The molecule has 0 saturated carbocycles. The molecule has 3 aromatic rings. The van der Waals surface area contributed by atoms with E-state index in [2.05, 4.69) is 5.32 Å². The smallest absolute Gasteiger partial charge is 0.270 e. The SMILES string of the molecule is Cc1cccc(NC(=O)COc2ccccc2/C=C2\SC(=S)N(c3ccccc3)C2=O)c1C. The van der Waals surface area contributed by atoms with Crippen molar-refractivity contribution in [2.45, 2.75) is 13.8 Å². The number of thioether (sulfide) groups is 1. The molecule has 1 saturated heterocycles. The number of anilines is 2. The minimum atomic E-state index is -0.256. The predicted molar refractivity (Wildman–Crippen MR) is 139 cm³/mol. The van der Waals surface area contributed by atoms with Gasteiger partial charge in [-0.15, -0.1) is 0 Å². The molecule has 0 bridgehead atoms. The van der Waals surface area contributed by atoms with Gasteiger partial charge in [-0.25, -0.2) is 0 Å². The van der Waals surface area contributed by atoms with E-state index in [0.29, 0.717) is 20.5 Å². The van der Waals surface area contributed by atoms with Crippen LogP contribution in [0.2, 0.25) is 0 Å². The molecule has 0 aromatic heterocycles. The Morgan fingerprint density at radius 3 is 2.55 bits per heavy atom. The van der Waals surface area contributed by atoms with Crippen molar-refractivity contribution in [1.29, 1.82) is 0 Å². The number of benzene rings is 3. The van der Waals surface area contributed by atoms with Gasteiger partial charge in [0.25, 0.3) is 11.8 Å². The number of nitrogens with zero attached hydrogens (tertiary/aromatic N) is 1. The first-order valence-corrected chi connectivity index (χ1v) is 11.6. The van der Waals surface area contributed by atoms with Crippen molar-refractivity contribution in [3.05, 3.63) is 94.4 Å². The summed E-state index contributed by atoms with van der Waals surface area (Å²) >= 11 is 6.68. The third-order valence-corrected chi connectivity index (χ3v) is 6.55. The summed E-state index contributed by atoms with van der Waals surface area (Å²) < 4.78 is 6.28. The van der Waals surface area contributed by atoms with Crippen LogP contribution in [-0.4, -0.2) is 22.7 Å². The van der Waals surface area contributed by atoms with E-state index in [0.717, 1.165) is 22.5 Å². The van der Waals surface area contributed by atoms with Crippen molar-refractivity contribution in [3.63, 3.8) is 0 Å². The van der Waals surface area contributed by atoms with Crippen molar-refractivity contribution in [2.75, 3.05) is 16.8 Å². The number of thiocarbonyl (C=S) groups is 1. The number of hydrogen-bond acceptors (Lipinski definition) is 5. The van der Waals surface area contributed by atoms with Gasteiger partial charge in [-0.05, 0) is 55.3 Å². The molecule has 0 aliphatic carbocycles. The lowest BCUT2D eigenvalue weighted by Crippen LogP contribution is -2.27. The average Bonchev–Trinajstić information content (AvgIpc) is 3.09. The molecule has 166 valence electrons. The highest BCUT2D eigenvalue weighted by atomic mass is 32.2. The van der Waals surface area contributed by atoms with Crippen LogP contribution in [0.5, 0.6) is 5.75 Å².